The molecule has 1 aromatic rings. The van der Waals surface area contributed by atoms with E-state index in [0.29, 0.717) is 13.0 Å². The maximum absolute atomic E-state index is 12.0. The summed E-state index contributed by atoms with van der Waals surface area (Å²) in [4.78, 5) is 36.5. The normalized spacial score (nSPS) is 11.6. The number of rotatable bonds is 10. The monoisotopic (exact) mass is 334 g/mol. The Hall–Kier alpha value is -2.37. The predicted octanol–water partition coefficient (Wildman–Crippen LogP) is 2.18. The summed E-state index contributed by atoms with van der Waals surface area (Å²) in [6.45, 7) is 4.12. The van der Waals surface area contributed by atoms with E-state index < -0.39 is 12.0 Å². The fraction of sp³-hybridized carbons (Fsp3) is 0.500. The fourth-order valence-corrected chi connectivity index (χ4v) is 2.32. The van der Waals surface area contributed by atoms with Crippen molar-refractivity contribution in [2.24, 2.45) is 0 Å². The van der Waals surface area contributed by atoms with Crippen LogP contribution in [-0.2, 0) is 20.9 Å². The minimum absolute atomic E-state index is 0.0856. The number of carboxylic acid groups (broad SMARTS) is 1. The Balaban J connectivity index is 2.52. The molecule has 0 aliphatic heterocycles. The van der Waals surface area contributed by atoms with Gasteiger partial charge in [-0.2, -0.15) is 0 Å². The first-order valence-electron chi connectivity index (χ1n) is 8.25. The molecule has 0 aliphatic carbocycles. The molecule has 24 heavy (non-hydrogen) atoms. The van der Waals surface area contributed by atoms with Crippen LogP contribution in [0.3, 0.4) is 0 Å². The number of nitrogens with zero attached hydrogens (tertiary/aromatic N) is 1. The van der Waals surface area contributed by atoms with Gasteiger partial charge in [-0.15, -0.1) is 0 Å². The van der Waals surface area contributed by atoms with Crippen molar-refractivity contribution in [1.29, 1.82) is 0 Å². The number of carbonyl (C=O) groups is 3. The van der Waals surface area contributed by atoms with Gasteiger partial charge in [-0.1, -0.05) is 50.1 Å². The molecule has 1 atom stereocenters. The van der Waals surface area contributed by atoms with Gasteiger partial charge in [0.2, 0.25) is 11.8 Å². The van der Waals surface area contributed by atoms with Crippen LogP contribution in [0.25, 0.3) is 0 Å². The number of unbranched alkanes of at least 4 members (excludes halogenated alkanes) is 1. The molecular formula is C18H26N2O4. The lowest BCUT2D eigenvalue weighted by molar-refractivity contribution is -0.142. The number of carboxylic acids is 1. The van der Waals surface area contributed by atoms with Crippen molar-refractivity contribution >= 4 is 17.8 Å². The number of carbonyl (C=O) groups excluding carboxylic acids is 2. The Morgan fingerprint density at radius 3 is 2.42 bits per heavy atom. The molecule has 0 saturated heterocycles. The summed E-state index contributed by atoms with van der Waals surface area (Å²) >= 11 is 0. The number of aliphatic carboxylic acids is 1. The van der Waals surface area contributed by atoms with E-state index in [-0.39, 0.29) is 24.8 Å². The van der Waals surface area contributed by atoms with Crippen LogP contribution in [0.1, 0.15) is 45.1 Å². The zero-order valence-electron chi connectivity index (χ0n) is 14.3. The highest BCUT2D eigenvalue weighted by Gasteiger charge is 2.20. The standard InChI is InChI=1S/C18H26N2O4/c1-3-4-10-16(18(23)24)19-17(22)11-12-20(14(2)21)13-15-8-6-5-7-9-15/h5-9,16H,3-4,10-13H2,1-2H3,(H,19,22)(H,23,24). The summed E-state index contributed by atoms with van der Waals surface area (Å²) in [6, 6.07) is 8.66. The van der Waals surface area contributed by atoms with Crippen LogP contribution in [0.5, 0.6) is 0 Å². The highest BCUT2D eigenvalue weighted by atomic mass is 16.4. The van der Waals surface area contributed by atoms with Gasteiger partial charge in [-0.05, 0) is 12.0 Å². The summed E-state index contributed by atoms with van der Waals surface area (Å²) in [5.41, 5.74) is 0.986. The molecule has 2 N–H and O–H groups in total. The number of hydrogen-bond acceptors (Lipinski definition) is 3. The molecular weight excluding hydrogens is 308 g/mol. The Bertz CT molecular complexity index is 545. The van der Waals surface area contributed by atoms with Crippen LogP contribution >= 0.6 is 0 Å². The third kappa shape index (κ3) is 7.26. The van der Waals surface area contributed by atoms with E-state index >= 15 is 0 Å². The lowest BCUT2D eigenvalue weighted by Gasteiger charge is -2.21. The Morgan fingerprint density at radius 2 is 1.88 bits per heavy atom. The molecule has 6 nitrogen and oxygen atoms in total. The molecule has 1 unspecified atom stereocenters. The molecule has 0 aliphatic rings. The second kappa shape index (κ2) is 10.4. The van der Waals surface area contributed by atoms with Crippen molar-refractivity contribution in [2.75, 3.05) is 6.54 Å². The first-order chi connectivity index (χ1) is 11.4. The topological polar surface area (TPSA) is 86.7 Å². The molecule has 2 amide bonds. The summed E-state index contributed by atoms with van der Waals surface area (Å²) in [5, 5.41) is 11.7. The van der Waals surface area contributed by atoms with Gasteiger partial charge in [-0.25, -0.2) is 4.79 Å². The Morgan fingerprint density at radius 1 is 1.21 bits per heavy atom. The van der Waals surface area contributed by atoms with Crippen LogP contribution in [-0.4, -0.2) is 40.4 Å². The van der Waals surface area contributed by atoms with Gasteiger partial charge in [0.15, 0.2) is 0 Å². The summed E-state index contributed by atoms with van der Waals surface area (Å²) < 4.78 is 0. The van der Waals surface area contributed by atoms with E-state index in [0.717, 1.165) is 18.4 Å². The molecule has 1 aromatic carbocycles. The first kappa shape index (κ1) is 19.7. The van der Waals surface area contributed by atoms with Gasteiger partial charge >= 0.3 is 5.97 Å². The van der Waals surface area contributed by atoms with Crippen LogP contribution in [0, 0.1) is 0 Å². The lowest BCUT2D eigenvalue weighted by atomic mass is 10.1. The van der Waals surface area contributed by atoms with Crippen LogP contribution < -0.4 is 5.32 Å². The molecule has 6 heteroatoms. The van der Waals surface area contributed by atoms with Gasteiger partial charge in [0, 0.05) is 26.4 Å². The minimum Gasteiger partial charge on any atom is -0.480 e. The second-order valence-corrected chi connectivity index (χ2v) is 5.78. The minimum atomic E-state index is -1.02. The Kier molecular flexibility index (Phi) is 8.54. The van der Waals surface area contributed by atoms with Gasteiger partial charge in [0.25, 0.3) is 0 Å². The predicted molar refractivity (Wildman–Crippen MR) is 91.2 cm³/mol. The zero-order valence-corrected chi connectivity index (χ0v) is 14.3. The van der Waals surface area contributed by atoms with Crippen molar-refractivity contribution in [3.05, 3.63) is 35.9 Å². The molecule has 0 radical (unpaired) electrons. The molecule has 1 rings (SSSR count). The van der Waals surface area contributed by atoms with Crippen molar-refractivity contribution in [3.8, 4) is 0 Å². The number of hydrogen-bond donors (Lipinski definition) is 2. The molecule has 0 aromatic heterocycles. The van der Waals surface area contributed by atoms with E-state index in [1.54, 1.807) is 4.90 Å². The smallest absolute Gasteiger partial charge is 0.326 e. The largest absolute Gasteiger partial charge is 0.480 e. The van der Waals surface area contributed by atoms with Crippen molar-refractivity contribution < 1.29 is 19.5 Å². The van der Waals surface area contributed by atoms with Crippen LogP contribution in [0.4, 0.5) is 0 Å². The van der Waals surface area contributed by atoms with E-state index in [1.807, 2.05) is 37.3 Å². The third-order valence-corrected chi connectivity index (χ3v) is 3.75. The van der Waals surface area contributed by atoms with Crippen LogP contribution in [0.15, 0.2) is 30.3 Å². The van der Waals surface area contributed by atoms with Crippen molar-refractivity contribution in [1.82, 2.24) is 10.2 Å². The summed E-state index contributed by atoms with van der Waals surface area (Å²) in [6.07, 6.45) is 2.11. The molecule has 0 heterocycles. The van der Waals surface area contributed by atoms with Gasteiger partial charge in [-0.3, -0.25) is 9.59 Å². The van der Waals surface area contributed by atoms with Gasteiger partial charge in [0.05, 0.1) is 0 Å². The fourth-order valence-electron chi connectivity index (χ4n) is 2.32. The lowest BCUT2D eigenvalue weighted by Crippen LogP contribution is -2.42. The van der Waals surface area contributed by atoms with E-state index in [2.05, 4.69) is 5.32 Å². The Labute approximate surface area is 142 Å². The van der Waals surface area contributed by atoms with E-state index in [4.69, 9.17) is 5.11 Å². The van der Waals surface area contributed by atoms with Gasteiger partial charge < -0.3 is 15.3 Å². The summed E-state index contributed by atoms with van der Waals surface area (Å²) in [7, 11) is 0. The van der Waals surface area contributed by atoms with E-state index in [9.17, 15) is 14.4 Å². The number of amides is 2. The van der Waals surface area contributed by atoms with Crippen molar-refractivity contribution in [3.63, 3.8) is 0 Å². The van der Waals surface area contributed by atoms with Crippen LogP contribution in [0.2, 0.25) is 0 Å². The average Bonchev–Trinajstić information content (AvgIpc) is 2.55. The number of nitrogens with one attached hydrogen (secondary N) is 1. The molecule has 0 fully saturated rings. The van der Waals surface area contributed by atoms with E-state index in [1.165, 1.54) is 6.92 Å². The molecule has 0 bridgehead atoms. The quantitative estimate of drug-likeness (QED) is 0.687. The molecule has 0 spiro atoms. The first-order valence-corrected chi connectivity index (χ1v) is 8.25. The number of benzene rings is 1. The summed E-state index contributed by atoms with van der Waals surface area (Å²) in [5.74, 6) is -1.49. The second-order valence-electron chi connectivity index (χ2n) is 5.78. The third-order valence-electron chi connectivity index (χ3n) is 3.75. The average molecular weight is 334 g/mol. The maximum atomic E-state index is 12.0. The molecule has 0 saturated carbocycles. The van der Waals surface area contributed by atoms with Gasteiger partial charge in [0.1, 0.15) is 6.04 Å². The van der Waals surface area contributed by atoms with Crippen molar-refractivity contribution in [2.45, 2.75) is 52.1 Å². The SMILES string of the molecule is CCCCC(NC(=O)CCN(Cc1ccccc1)C(C)=O)C(=O)O. The highest BCUT2D eigenvalue weighted by molar-refractivity contribution is 5.84. The zero-order chi connectivity index (χ0) is 17.9. The maximum Gasteiger partial charge on any atom is 0.326 e. The highest BCUT2D eigenvalue weighted by Crippen LogP contribution is 2.06. The molecule has 132 valence electrons.